The van der Waals surface area contributed by atoms with E-state index < -0.39 is 0 Å². The highest BCUT2D eigenvalue weighted by Crippen LogP contribution is 2.24. The molecule has 4 aromatic heterocycles. The standard InChI is InChI=1S/C19H17N7O/c1-3-24-18(27)14-10-20-17-13(11-21-25(17)4-2)15(14)26-19(24)22-16(23-26)12-8-6-5-7-9-12/h5-11H,3-4H2,1-2H3. The Morgan fingerprint density at radius 1 is 1.00 bits per heavy atom. The number of benzene rings is 1. The molecule has 0 aliphatic heterocycles. The first-order chi connectivity index (χ1) is 13.2. The molecule has 0 bridgehead atoms. The summed E-state index contributed by atoms with van der Waals surface area (Å²) in [6.45, 7) is 5.12. The van der Waals surface area contributed by atoms with Crippen molar-refractivity contribution in [3.05, 3.63) is 53.1 Å². The van der Waals surface area contributed by atoms with E-state index in [0.29, 0.717) is 35.6 Å². The Morgan fingerprint density at radius 3 is 2.56 bits per heavy atom. The zero-order valence-electron chi connectivity index (χ0n) is 15.0. The summed E-state index contributed by atoms with van der Waals surface area (Å²) in [5.74, 6) is 1.10. The Bertz CT molecular complexity index is 1360. The fourth-order valence-corrected chi connectivity index (χ4v) is 3.49. The molecule has 27 heavy (non-hydrogen) atoms. The van der Waals surface area contributed by atoms with Gasteiger partial charge in [-0.1, -0.05) is 30.3 Å². The first-order valence-corrected chi connectivity index (χ1v) is 8.92. The van der Waals surface area contributed by atoms with Gasteiger partial charge in [0.15, 0.2) is 11.5 Å². The van der Waals surface area contributed by atoms with Gasteiger partial charge in [0.2, 0.25) is 5.78 Å². The molecule has 0 unspecified atom stereocenters. The SMILES string of the molecule is CCn1ncc2c1ncc1c(=O)n(CC)c3nc(-c4ccccc4)nn3c12. The van der Waals surface area contributed by atoms with E-state index in [1.54, 1.807) is 26.2 Å². The van der Waals surface area contributed by atoms with E-state index in [0.717, 1.165) is 16.6 Å². The van der Waals surface area contributed by atoms with Crippen molar-refractivity contribution in [3.8, 4) is 11.4 Å². The predicted molar refractivity (Wildman–Crippen MR) is 103 cm³/mol. The molecular weight excluding hydrogens is 342 g/mol. The largest absolute Gasteiger partial charge is 0.277 e. The second-order valence-corrected chi connectivity index (χ2v) is 6.28. The number of rotatable bonds is 3. The molecule has 0 spiro atoms. The van der Waals surface area contributed by atoms with Crippen LogP contribution in [-0.4, -0.2) is 33.9 Å². The molecule has 1 aromatic carbocycles. The third-order valence-electron chi connectivity index (χ3n) is 4.80. The minimum Gasteiger partial charge on any atom is -0.277 e. The van der Waals surface area contributed by atoms with Crippen LogP contribution in [0.1, 0.15) is 13.8 Å². The molecular formula is C19H17N7O. The number of aromatic nitrogens is 7. The highest BCUT2D eigenvalue weighted by Gasteiger charge is 2.19. The van der Waals surface area contributed by atoms with Gasteiger partial charge in [0.05, 0.1) is 22.5 Å². The smallest absolute Gasteiger partial charge is 0.264 e. The Labute approximate surface area is 153 Å². The van der Waals surface area contributed by atoms with Crippen molar-refractivity contribution in [2.45, 2.75) is 26.9 Å². The van der Waals surface area contributed by atoms with Gasteiger partial charge in [-0.25, -0.2) is 9.67 Å². The quantitative estimate of drug-likeness (QED) is 0.494. The molecule has 4 heterocycles. The molecule has 8 nitrogen and oxygen atoms in total. The second-order valence-electron chi connectivity index (χ2n) is 6.28. The summed E-state index contributed by atoms with van der Waals surface area (Å²) in [5, 5.41) is 10.4. The molecule has 5 rings (SSSR count). The third-order valence-corrected chi connectivity index (χ3v) is 4.80. The van der Waals surface area contributed by atoms with E-state index in [-0.39, 0.29) is 5.56 Å². The number of hydrogen-bond acceptors (Lipinski definition) is 5. The Kier molecular flexibility index (Phi) is 3.33. The Morgan fingerprint density at radius 2 is 1.81 bits per heavy atom. The number of fused-ring (bicyclic) bond motifs is 5. The maximum Gasteiger partial charge on any atom is 0.264 e. The summed E-state index contributed by atoms with van der Waals surface area (Å²) >= 11 is 0. The van der Waals surface area contributed by atoms with Gasteiger partial charge in [0.25, 0.3) is 5.56 Å². The van der Waals surface area contributed by atoms with Gasteiger partial charge in [-0.05, 0) is 13.8 Å². The average molecular weight is 359 g/mol. The molecule has 0 N–H and O–H groups in total. The summed E-state index contributed by atoms with van der Waals surface area (Å²) in [5.41, 5.74) is 2.21. The molecule has 134 valence electrons. The first-order valence-electron chi connectivity index (χ1n) is 8.92. The molecule has 0 saturated carbocycles. The van der Waals surface area contributed by atoms with E-state index in [2.05, 4.69) is 15.1 Å². The van der Waals surface area contributed by atoms with Crippen molar-refractivity contribution in [1.29, 1.82) is 0 Å². The fraction of sp³-hybridized carbons (Fsp3) is 0.211. The maximum atomic E-state index is 13.1. The molecule has 5 aromatic rings. The van der Waals surface area contributed by atoms with Gasteiger partial charge in [-0.2, -0.15) is 14.6 Å². The van der Waals surface area contributed by atoms with Gasteiger partial charge in [0.1, 0.15) is 0 Å². The third kappa shape index (κ3) is 2.13. The lowest BCUT2D eigenvalue weighted by molar-refractivity contribution is 0.677. The summed E-state index contributed by atoms with van der Waals surface area (Å²) in [6, 6.07) is 9.75. The van der Waals surface area contributed by atoms with E-state index in [4.69, 9.17) is 5.10 Å². The van der Waals surface area contributed by atoms with E-state index >= 15 is 0 Å². The lowest BCUT2D eigenvalue weighted by atomic mass is 10.2. The van der Waals surface area contributed by atoms with Crippen LogP contribution in [0.3, 0.4) is 0 Å². The van der Waals surface area contributed by atoms with Crippen LogP contribution >= 0.6 is 0 Å². The topological polar surface area (TPSA) is 82.9 Å². The van der Waals surface area contributed by atoms with Crippen LogP contribution in [0, 0.1) is 0 Å². The second kappa shape index (κ2) is 5.73. The number of aryl methyl sites for hydroxylation is 2. The molecule has 0 amide bonds. The monoisotopic (exact) mass is 359 g/mol. The van der Waals surface area contributed by atoms with Crippen molar-refractivity contribution in [2.24, 2.45) is 0 Å². The summed E-state index contributed by atoms with van der Waals surface area (Å²) < 4.78 is 5.18. The molecule has 0 aliphatic carbocycles. The molecule has 0 radical (unpaired) electrons. The van der Waals surface area contributed by atoms with Crippen molar-refractivity contribution in [2.75, 3.05) is 0 Å². The lowest BCUT2D eigenvalue weighted by Gasteiger charge is -2.08. The minimum absolute atomic E-state index is 0.120. The van der Waals surface area contributed by atoms with Crippen molar-refractivity contribution < 1.29 is 0 Å². The van der Waals surface area contributed by atoms with Crippen LogP contribution < -0.4 is 5.56 Å². The maximum absolute atomic E-state index is 13.1. The molecule has 8 heteroatoms. The zero-order chi connectivity index (χ0) is 18.5. The van der Waals surface area contributed by atoms with Crippen LogP contribution in [0.25, 0.3) is 39.1 Å². The van der Waals surface area contributed by atoms with Crippen LogP contribution in [0.5, 0.6) is 0 Å². The van der Waals surface area contributed by atoms with Crippen molar-refractivity contribution in [3.63, 3.8) is 0 Å². The van der Waals surface area contributed by atoms with Crippen molar-refractivity contribution in [1.82, 2.24) is 33.9 Å². The van der Waals surface area contributed by atoms with Gasteiger partial charge >= 0.3 is 0 Å². The highest BCUT2D eigenvalue weighted by atomic mass is 16.1. The highest BCUT2D eigenvalue weighted by molar-refractivity contribution is 6.02. The Balaban J connectivity index is 1.98. The molecule has 0 atom stereocenters. The van der Waals surface area contributed by atoms with Crippen LogP contribution in [0.2, 0.25) is 0 Å². The first kappa shape index (κ1) is 15.7. The number of hydrogen-bond donors (Lipinski definition) is 0. The van der Waals surface area contributed by atoms with Gasteiger partial charge < -0.3 is 0 Å². The van der Waals surface area contributed by atoms with E-state index in [9.17, 15) is 4.79 Å². The molecule has 0 saturated heterocycles. The van der Waals surface area contributed by atoms with E-state index in [1.165, 1.54) is 0 Å². The normalized spacial score (nSPS) is 11.8. The molecule has 0 aliphatic rings. The predicted octanol–water partition coefficient (Wildman–Crippen LogP) is 2.50. The summed E-state index contributed by atoms with van der Waals surface area (Å²) in [7, 11) is 0. The summed E-state index contributed by atoms with van der Waals surface area (Å²) in [4.78, 5) is 22.2. The number of pyridine rings is 1. The minimum atomic E-state index is -0.120. The zero-order valence-corrected chi connectivity index (χ0v) is 15.0. The fourth-order valence-electron chi connectivity index (χ4n) is 3.49. The average Bonchev–Trinajstić information content (AvgIpc) is 3.33. The molecule has 0 fully saturated rings. The van der Waals surface area contributed by atoms with Crippen molar-refractivity contribution >= 4 is 27.7 Å². The number of nitrogens with zero attached hydrogens (tertiary/aromatic N) is 7. The van der Waals surface area contributed by atoms with Crippen LogP contribution in [0.15, 0.2) is 47.5 Å². The van der Waals surface area contributed by atoms with Gasteiger partial charge in [-0.3, -0.25) is 9.36 Å². The Hall–Kier alpha value is -3.55. The summed E-state index contributed by atoms with van der Waals surface area (Å²) in [6.07, 6.45) is 3.36. The van der Waals surface area contributed by atoms with E-state index in [1.807, 2.05) is 44.2 Å². The van der Waals surface area contributed by atoms with Gasteiger partial charge in [-0.15, -0.1) is 5.10 Å². The van der Waals surface area contributed by atoms with Crippen LogP contribution in [0.4, 0.5) is 0 Å². The van der Waals surface area contributed by atoms with Gasteiger partial charge in [0, 0.05) is 24.8 Å². The lowest BCUT2D eigenvalue weighted by Crippen LogP contribution is -2.23. The van der Waals surface area contributed by atoms with Crippen LogP contribution in [-0.2, 0) is 13.1 Å².